The lowest BCUT2D eigenvalue weighted by atomic mass is 10.1. The smallest absolute Gasteiger partial charge is 0.328 e. The average Bonchev–Trinajstić information content (AvgIpc) is 2.36. The van der Waals surface area contributed by atoms with Crippen LogP contribution < -0.4 is 4.90 Å². The van der Waals surface area contributed by atoms with Crippen LogP contribution in [0.2, 0.25) is 0 Å². The number of likely N-dealkylation sites (N-methyl/N-ethyl adjacent to an activating group) is 1. The van der Waals surface area contributed by atoms with Gasteiger partial charge < -0.3 is 9.64 Å². The molecule has 0 heterocycles. The van der Waals surface area contributed by atoms with Crippen molar-refractivity contribution in [3.05, 3.63) is 36.4 Å². The van der Waals surface area contributed by atoms with Gasteiger partial charge in [-0.3, -0.25) is 0 Å². The van der Waals surface area contributed by atoms with Gasteiger partial charge in [0.25, 0.3) is 0 Å². The molecule has 0 aliphatic rings. The minimum Gasteiger partial charge on any atom is -0.461 e. The van der Waals surface area contributed by atoms with Crippen LogP contribution in [0, 0.1) is 0 Å². The van der Waals surface area contributed by atoms with Gasteiger partial charge >= 0.3 is 5.97 Å². The summed E-state index contributed by atoms with van der Waals surface area (Å²) in [7, 11) is 1.88. The molecule has 18 heavy (non-hydrogen) atoms. The van der Waals surface area contributed by atoms with Crippen LogP contribution in [0.25, 0.3) is 6.08 Å². The number of hydrogen-bond donors (Lipinski definition) is 0. The highest BCUT2D eigenvalue weighted by Crippen LogP contribution is 2.22. The molecule has 0 fully saturated rings. The molecule has 1 aromatic carbocycles. The Hall–Kier alpha value is -1.77. The average molecular weight is 247 g/mol. The summed E-state index contributed by atoms with van der Waals surface area (Å²) in [5, 5.41) is 0. The van der Waals surface area contributed by atoms with E-state index in [0.717, 1.165) is 11.3 Å². The van der Waals surface area contributed by atoms with Gasteiger partial charge in [-0.25, -0.2) is 4.79 Å². The maximum Gasteiger partial charge on any atom is 0.328 e. The molecule has 0 saturated carbocycles. The number of carbonyl (C=O) groups is 1. The van der Waals surface area contributed by atoms with E-state index in [1.807, 2.05) is 57.0 Å². The summed E-state index contributed by atoms with van der Waals surface area (Å²) in [5.41, 5.74) is 1.98. The van der Waals surface area contributed by atoms with Crippen LogP contribution in [0.15, 0.2) is 30.8 Å². The molecule has 1 atom stereocenters. The number of benzene rings is 1. The van der Waals surface area contributed by atoms with Crippen molar-refractivity contribution in [3.8, 4) is 0 Å². The van der Waals surface area contributed by atoms with Crippen LogP contribution in [-0.2, 0) is 9.53 Å². The molecule has 1 rings (SSSR count). The van der Waals surface area contributed by atoms with E-state index in [1.54, 1.807) is 6.08 Å². The monoisotopic (exact) mass is 247 g/mol. The third-order valence-electron chi connectivity index (χ3n) is 2.81. The fraction of sp³-hybridized carbons (Fsp3) is 0.400. The number of hydrogen-bond acceptors (Lipinski definition) is 3. The maximum absolute atomic E-state index is 11.9. The fourth-order valence-electron chi connectivity index (χ4n) is 1.68. The quantitative estimate of drug-likeness (QED) is 0.749. The third-order valence-corrected chi connectivity index (χ3v) is 2.81. The van der Waals surface area contributed by atoms with E-state index in [0.29, 0.717) is 0 Å². The Labute approximate surface area is 109 Å². The second-order valence-corrected chi connectivity index (χ2v) is 4.54. The first-order chi connectivity index (χ1) is 8.47. The molecule has 3 nitrogen and oxygen atoms in total. The Morgan fingerprint density at radius 2 is 1.94 bits per heavy atom. The molecule has 0 aliphatic carbocycles. The van der Waals surface area contributed by atoms with E-state index in [1.165, 1.54) is 0 Å². The zero-order chi connectivity index (χ0) is 13.7. The van der Waals surface area contributed by atoms with E-state index < -0.39 is 0 Å². The molecule has 0 bridgehead atoms. The highest BCUT2D eigenvalue weighted by molar-refractivity contribution is 5.81. The van der Waals surface area contributed by atoms with E-state index in [2.05, 4.69) is 6.58 Å². The number of rotatable bonds is 5. The van der Waals surface area contributed by atoms with Crippen LogP contribution in [0.4, 0.5) is 5.69 Å². The highest BCUT2D eigenvalue weighted by Gasteiger charge is 2.21. The molecule has 1 aromatic rings. The first kappa shape index (κ1) is 14.3. The van der Waals surface area contributed by atoms with Gasteiger partial charge in [0.1, 0.15) is 6.04 Å². The van der Waals surface area contributed by atoms with Crippen molar-refractivity contribution in [1.82, 2.24) is 0 Å². The van der Waals surface area contributed by atoms with Gasteiger partial charge in [-0.2, -0.15) is 0 Å². The summed E-state index contributed by atoms with van der Waals surface area (Å²) in [6.07, 6.45) is 1.69. The Balaban J connectivity index is 2.89. The zero-order valence-electron chi connectivity index (χ0n) is 11.5. The van der Waals surface area contributed by atoms with Crippen LogP contribution in [0.3, 0.4) is 0 Å². The number of ether oxygens (including phenoxy) is 1. The topological polar surface area (TPSA) is 29.5 Å². The second-order valence-electron chi connectivity index (χ2n) is 4.54. The van der Waals surface area contributed by atoms with Gasteiger partial charge in [0, 0.05) is 12.7 Å². The molecule has 0 radical (unpaired) electrons. The highest BCUT2D eigenvalue weighted by atomic mass is 16.5. The number of carbonyl (C=O) groups excluding carboxylic acids is 1. The predicted molar refractivity (Wildman–Crippen MR) is 75.6 cm³/mol. The number of esters is 1. The summed E-state index contributed by atoms with van der Waals surface area (Å²) >= 11 is 0. The molecule has 0 saturated heterocycles. The van der Waals surface area contributed by atoms with Gasteiger partial charge in [-0.1, -0.05) is 30.9 Å². The summed E-state index contributed by atoms with van der Waals surface area (Å²) in [4.78, 5) is 13.8. The largest absolute Gasteiger partial charge is 0.461 e. The van der Waals surface area contributed by atoms with E-state index >= 15 is 0 Å². The third kappa shape index (κ3) is 3.36. The van der Waals surface area contributed by atoms with Gasteiger partial charge in [-0.15, -0.1) is 0 Å². The Morgan fingerprint density at radius 3 is 2.50 bits per heavy atom. The molecule has 0 aliphatic heterocycles. The molecule has 0 spiro atoms. The van der Waals surface area contributed by atoms with Gasteiger partial charge in [0.05, 0.1) is 6.10 Å². The van der Waals surface area contributed by atoms with E-state index in [9.17, 15) is 4.79 Å². The molecule has 98 valence electrons. The molecule has 0 aromatic heterocycles. The summed E-state index contributed by atoms with van der Waals surface area (Å²) in [5.74, 6) is -0.216. The van der Waals surface area contributed by atoms with Crippen LogP contribution in [0.5, 0.6) is 0 Å². The van der Waals surface area contributed by atoms with Crippen LogP contribution >= 0.6 is 0 Å². The molecule has 3 heteroatoms. The zero-order valence-corrected chi connectivity index (χ0v) is 11.5. The normalized spacial score (nSPS) is 12.1. The molecule has 1 unspecified atom stereocenters. The molecular formula is C15H21NO2. The summed E-state index contributed by atoms with van der Waals surface area (Å²) < 4.78 is 5.22. The number of para-hydroxylation sites is 1. The summed E-state index contributed by atoms with van der Waals surface area (Å²) in [6.45, 7) is 9.32. The van der Waals surface area contributed by atoms with E-state index in [4.69, 9.17) is 4.74 Å². The van der Waals surface area contributed by atoms with Crippen molar-refractivity contribution in [2.45, 2.75) is 32.9 Å². The van der Waals surface area contributed by atoms with Gasteiger partial charge in [-0.05, 0) is 32.4 Å². The number of anilines is 1. The molecule has 0 N–H and O–H groups in total. The van der Waals surface area contributed by atoms with E-state index in [-0.39, 0.29) is 18.1 Å². The van der Waals surface area contributed by atoms with Gasteiger partial charge in [0.15, 0.2) is 0 Å². The molecule has 0 amide bonds. The Morgan fingerprint density at radius 1 is 1.33 bits per heavy atom. The second kappa shape index (κ2) is 6.24. The SMILES string of the molecule is C=Cc1ccccc1N(C)C(C)C(=O)OC(C)C. The maximum atomic E-state index is 11.9. The first-order valence-electron chi connectivity index (χ1n) is 6.12. The lowest BCUT2D eigenvalue weighted by Crippen LogP contribution is -2.38. The van der Waals surface area contributed by atoms with Crippen LogP contribution in [0.1, 0.15) is 26.3 Å². The standard InChI is InChI=1S/C15H21NO2/c1-6-13-9-7-8-10-14(13)16(5)12(4)15(17)18-11(2)3/h6-12H,1H2,2-5H3. The van der Waals surface area contributed by atoms with Crippen molar-refractivity contribution in [1.29, 1.82) is 0 Å². The lowest BCUT2D eigenvalue weighted by molar-refractivity contribution is -0.148. The van der Waals surface area contributed by atoms with Crippen molar-refractivity contribution in [2.24, 2.45) is 0 Å². The fourth-order valence-corrected chi connectivity index (χ4v) is 1.68. The lowest BCUT2D eigenvalue weighted by Gasteiger charge is -2.27. The number of nitrogens with zero attached hydrogens (tertiary/aromatic N) is 1. The minimum atomic E-state index is -0.325. The van der Waals surface area contributed by atoms with Crippen molar-refractivity contribution in [2.75, 3.05) is 11.9 Å². The Bertz CT molecular complexity index is 426. The molecular weight excluding hydrogens is 226 g/mol. The first-order valence-corrected chi connectivity index (χ1v) is 6.12. The summed E-state index contributed by atoms with van der Waals surface area (Å²) in [6, 6.07) is 7.51. The van der Waals surface area contributed by atoms with Crippen molar-refractivity contribution in [3.63, 3.8) is 0 Å². The van der Waals surface area contributed by atoms with Crippen molar-refractivity contribution >= 4 is 17.7 Å². The predicted octanol–water partition coefficient (Wildman–Crippen LogP) is 3.11. The van der Waals surface area contributed by atoms with Gasteiger partial charge in [0.2, 0.25) is 0 Å². The Kier molecular flexibility index (Phi) is 4.95. The minimum absolute atomic E-state index is 0.0944. The van der Waals surface area contributed by atoms with Crippen LogP contribution in [-0.4, -0.2) is 25.2 Å². The van der Waals surface area contributed by atoms with Crippen molar-refractivity contribution < 1.29 is 9.53 Å².